The van der Waals surface area contributed by atoms with E-state index in [1.54, 1.807) is 0 Å². The minimum Gasteiger partial charge on any atom is -0.312 e. The summed E-state index contributed by atoms with van der Waals surface area (Å²) in [5, 5.41) is 8.46. The zero-order valence-electron chi connectivity index (χ0n) is 55.4. The quantitative estimate of drug-likeness (QED) is 0.123. The van der Waals surface area contributed by atoms with Gasteiger partial charge in [0.05, 0.1) is 44.0 Å². The number of hydrogen-bond donors (Lipinski definition) is 0. The Morgan fingerprint density at radius 1 is 0.275 bits per heavy atom. The van der Waals surface area contributed by atoms with Crippen LogP contribution in [0.3, 0.4) is 0 Å². The first kappa shape index (κ1) is 59.9. The summed E-state index contributed by atoms with van der Waals surface area (Å²) in [6.07, 6.45) is 5.50. The van der Waals surface area contributed by atoms with Crippen LogP contribution in [0.15, 0.2) is 367 Å². The van der Waals surface area contributed by atoms with E-state index in [2.05, 4.69) is 414 Å². The molecule has 15 aromatic carbocycles. The molecule has 20 rings (SSSR count). The fraction of sp³-hybridized carbons (Fsp3) is 0.0208. The molecule has 6 heteroatoms. The summed E-state index contributed by atoms with van der Waals surface area (Å²) in [7, 11) is 0. The number of fused-ring (bicyclic) bond motifs is 12. The van der Waals surface area contributed by atoms with Crippen molar-refractivity contribution in [3.63, 3.8) is 0 Å². The molecule has 1 aliphatic carbocycles. The van der Waals surface area contributed by atoms with Gasteiger partial charge < -0.3 is 18.3 Å². The van der Waals surface area contributed by atoms with E-state index in [1.807, 2.05) is 0 Å². The third-order valence-electron chi connectivity index (χ3n) is 21.4. The van der Waals surface area contributed by atoms with Crippen molar-refractivity contribution in [1.29, 1.82) is 0 Å². The van der Waals surface area contributed by atoms with Gasteiger partial charge in [-0.2, -0.15) is 0 Å². The van der Waals surface area contributed by atoms with Crippen LogP contribution < -0.4 is 0 Å². The lowest BCUT2D eigenvalue weighted by atomic mass is 9.65. The lowest BCUT2D eigenvalue weighted by Gasteiger charge is -2.40. The van der Waals surface area contributed by atoms with Crippen LogP contribution in [0.4, 0.5) is 0 Å². The molecular formula is C96H62Br2N4. The molecule has 0 saturated carbocycles. The molecule has 1 aliphatic rings. The standard InChI is InChI=1S/C96H62Br2N4/c97-70-51-48-62(49-52-70)65-57-68(77-39-21-40-81-78-33-13-18-44-87(78)101(94(77)81)73-29-9-3-10-30-73)60-69(59-65)96(54-24-41-82-79-34-14-19-45-88(79)102(95(82)96)74-31-11-4-12-32-74)85-42-22-38-76(93(85)98)67-56-64(63-50-53-90-84(61-63)80-35-15-17-43-86(80)99(90)71-25-5-1-6-26-71)55-66(58-67)75-37-23-47-91-92(75)83-36-16-20-46-89(83)100(91)72-27-7-2-8-28-72/h1-53,55-61H,54H2. The highest BCUT2D eigenvalue weighted by Crippen LogP contribution is 2.56. The Hall–Kier alpha value is -12.1. The van der Waals surface area contributed by atoms with Crippen LogP contribution >= 0.6 is 31.9 Å². The summed E-state index contributed by atoms with van der Waals surface area (Å²) in [4.78, 5) is 0. The Bertz CT molecular complexity index is 6590. The topological polar surface area (TPSA) is 19.7 Å². The van der Waals surface area contributed by atoms with E-state index in [4.69, 9.17) is 0 Å². The number of rotatable bonds is 11. The van der Waals surface area contributed by atoms with E-state index in [0.717, 1.165) is 98.4 Å². The summed E-state index contributed by atoms with van der Waals surface area (Å²) in [6.45, 7) is 0. The molecule has 0 spiro atoms. The van der Waals surface area contributed by atoms with Crippen LogP contribution in [-0.4, -0.2) is 18.3 Å². The number of allylic oxidation sites excluding steroid dienone is 1. The average Bonchev–Trinajstić information content (AvgIpc) is 1.19. The Balaban J connectivity index is 0.880. The monoisotopic (exact) mass is 1430 g/mol. The number of hydrogen-bond acceptors (Lipinski definition) is 0. The summed E-state index contributed by atoms with van der Waals surface area (Å²) >= 11 is 8.51. The zero-order valence-corrected chi connectivity index (χ0v) is 58.6. The van der Waals surface area contributed by atoms with Gasteiger partial charge in [0.2, 0.25) is 0 Å². The van der Waals surface area contributed by atoms with Gasteiger partial charge in [-0.15, -0.1) is 0 Å². The number of benzene rings is 15. The largest absolute Gasteiger partial charge is 0.312 e. The number of aromatic nitrogens is 4. The van der Waals surface area contributed by atoms with Gasteiger partial charge in [-0.3, -0.25) is 0 Å². The normalized spacial score (nSPS) is 13.7. The fourth-order valence-electron chi connectivity index (χ4n) is 17.0. The first-order valence-electron chi connectivity index (χ1n) is 34.9. The molecule has 0 amide bonds. The van der Waals surface area contributed by atoms with Crippen LogP contribution in [0.25, 0.3) is 161 Å². The molecule has 0 N–H and O–H groups in total. The van der Waals surface area contributed by atoms with Crippen molar-refractivity contribution in [1.82, 2.24) is 18.3 Å². The van der Waals surface area contributed by atoms with E-state index >= 15 is 0 Å². The van der Waals surface area contributed by atoms with Crippen LogP contribution in [0.1, 0.15) is 28.8 Å². The van der Waals surface area contributed by atoms with Gasteiger partial charge in [0.1, 0.15) is 0 Å². The lowest BCUT2D eigenvalue weighted by Crippen LogP contribution is -2.34. The average molecular weight is 1430 g/mol. The Labute approximate surface area is 607 Å². The Morgan fingerprint density at radius 3 is 1.37 bits per heavy atom. The maximum atomic E-state index is 4.68. The highest BCUT2D eigenvalue weighted by Gasteiger charge is 2.45. The first-order chi connectivity index (χ1) is 50.4. The van der Waals surface area contributed by atoms with E-state index in [1.165, 1.54) is 87.7 Å². The van der Waals surface area contributed by atoms with Crippen molar-refractivity contribution in [3.8, 4) is 78.4 Å². The van der Waals surface area contributed by atoms with Crippen molar-refractivity contribution >= 4 is 114 Å². The van der Waals surface area contributed by atoms with Gasteiger partial charge in [-0.1, -0.05) is 240 Å². The molecule has 4 nitrogen and oxygen atoms in total. The SMILES string of the molecule is Brc1ccc(-c2cc(-c3cccc4c5ccccc5n(-c5ccccc5)c34)cc(C3(c4cccc(-c5cc(-c6ccc7c(c6)c6ccccc6n7-c6ccccc6)cc(-c6cccc7c6c6ccccc6n7-c6ccccc6)c5)c4Br)CC=Cc4c3n(-c3ccccc3)c3ccccc43)c2)cc1. The van der Waals surface area contributed by atoms with Crippen molar-refractivity contribution < 1.29 is 0 Å². The first-order valence-corrected chi connectivity index (χ1v) is 36.5. The smallest absolute Gasteiger partial charge is 0.0660 e. The van der Waals surface area contributed by atoms with Gasteiger partial charge in [0.25, 0.3) is 0 Å². The molecule has 0 bridgehead atoms. The predicted molar refractivity (Wildman–Crippen MR) is 435 cm³/mol. The Kier molecular flexibility index (Phi) is 14.2. The molecule has 19 aromatic rings. The molecule has 4 aromatic heterocycles. The second kappa shape index (κ2) is 24.1. The van der Waals surface area contributed by atoms with E-state index in [-0.39, 0.29) is 0 Å². The highest BCUT2D eigenvalue weighted by molar-refractivity contribution is 9.11. The van der Waals surface area contributed by atoms with E-state index in [0.29, 0.717) is 6.42 Å². The molecule has 4 heterocycles. The number of para-hydroxylation sites is 9. The summed E-state index contributed by atoms with van der Waals surface area (Å²) in [5.74, 6) is 0. The maximum absolute atomic E-state index is 4.68. The summed E-state index contributed by atoms with van der Waals surface area (Å²) in [5.41, 5.74) is 27.8. The van der Waals surface area contributed by atoms with E-state index in [9.17, 15) is 0 Å². The third kappa shape index (κ3) is 9.40. The molecule has 0 saturated heterocycles. The van der Waals surface area contributed by atoms with Crippen molar-refractivity contribution in [2.24, 2.45) is 0 Å². The molecule has 0 radical (unpaired) electrons. The van der Waals surface area contributed by atoms with Crippen LogP contribution in [0.2, 0.25) is 0 Å². The second-order valence-corrected chi connectivity index (χ2v) is 28.6. The van der Waals surface area contributed by atoms with Gasteiger partial charge >= 0.3 is 0 Å². The number of halogens is 2. The minimum atomic E-state index is -0.836. The molecule has 0 fully saturated rings. The molecule has 1 atom stereocenters. The van der Waals surface area contributed by atoms with Crippen molar-refractivity contribution in [3.05, 3.63) is 389 Å². The Morgan fingerprint density at radius 2 is 0.706 bits per heavy atom. The minimum absolute atomic E-state index is 0.665. The molecular weight excluding hydrogens is 1370 g/mol. The van der Waals surface area contributed by atoms with Crippen LogP contribution in [0, 0.1) is 0 Å². The summed E-state index contributed by atoms with van der Waals surface area (Å²) in [6, 6.07) is 131. The van der Waals surface area contributed by atoms with Gasteiger partial charge in [-0.25, -0.2) is 0 Å². The predicted octanol–water partition coefficient (Wildman–Crippen LogP) is 26.5. The maximum Gasteiger partial charge on any atom is 0.0660 e. The fourth-order valence-corrected chi connectivity index (χ4v) is 18.1. The second-order valence-electron chi connectivity index (χ2n) is 26.9. The molecule has 102 heavy (non-hydrogen) atoms. The highest BCUT2D eigenvalue weighted by atomic mass is 79.9. The van der Waals surface area contributed by atoms with Crippen molar-refractivity contribution in [2.45, 2.75) is 11.8 Å². The van der Waals surface area contributed by atoms with Crippen LogP contribution in [0.5, 0.6) is 0 Å². The van der Waals surface area contributed by atoms with Gasteiger partial charge in [0, 0.05) is 86.2 Å². The third-order valence-corrected chi connectivity index (χ3v) is 22.8. The molecule has 1 unspecified atom stereocenters. The van der Waals surface area contributed by atoms with E-state index < -0.39 is 5.41 Å². The summed E-state index contributed by atoms with van der Waals surface area (Å²) < 4.78 is 11.9. The molecule has 480 valence electrons. The lowest BCUT2D eigenvalue weighted by molar-refractivity contribution is 0.587. The van der Waals surface area contributed by atoms with Gasteiger partial charge in [-0.05, 0) is 223 Å². The number of nitrogens with zero attached hydrogens (tertiary/aromatic N) is 4. The van der Waals surface area contributed by atoms with Crippen LogP contribution in [-0.2, 0) is 5.41 Å². The van der Waals surface area contributed by atoms with Crippen molar-refractivity contribution in [2.75, 3.05) is 0 Å². The van der Waals surface area contributed by atoms with Gasteiger partial charge in [0.15, 0.2) is 0 Å². The zero-order chi connectivity index (χ0) is 67.6. The molecule has 0 aliphatic heterocycles.